The fourth-order valence-electron chi connectivity index (χ4n) is 3.74. The van der Waals surface area contributed by atoms with Gasteiger partial charge in [-0.2, -0.15) is 4.73 Å². The molecular weight excluding hydrogens is 464 g/mol. The average molecular weight is 489 g/mol. The van der Waals surface area contributed by atoms with Crippen LogP contribution in [0.2, 0.25) is 5.02 Å². The monoisotopic (exact) mass is 488 g/mol. The first-order valence-electron chi connectivity index (χ1n) is 10.4. The summed E-state index contributed by atoms with van der Waals surface area (Å²) >= 11 is 6.28. The highest BCUT2D eigenvalue weighted by Gasteiger charge is 2.43. The van der Waals surface area contributed by atoms with Gasteiger partial charge in [-0.15, -0.1) is 0 Å². The Labute approximate surface area is 198 Å². The van der Waals surface area contributed by atoms with Crippen molar-refractivity contribution >= 4 is 27.3 Å². The summed E-state index contributed by atoms with van der Waals surface area (Å²) in [5.74, 6) is -1.41. The normalized spacial score (nSPS) is 16.0. The number of hydrogen-bond acceptors (Lipinski definition) is 5. The van der Waals surface area contributed by atoms with E-state index in [1.807, 2.05) is 12.1 Å². The maximum Gasteiger partial charge on any atom is 0.261 e. The van der Waals surface area contributed by atoms with E-state index < -0.39 is 15.8 Å². The molecule has 1 aliphatic rings. The van der Waals surface area contributed by atoms with Gasteiger partial charge in [-0.05, 0) is 41.3 Å². The van der Waals surface area contributed by atoms with E-state index in [0.29, 0.717) is 34.1 Å². The van der Waals surface area contributed by atoms with Gasteiger partial charge in [0.1, 0.15) is 0 Å². The van der Waals surface area contributed by atoms with Crippen molar-refractivity contribution in [3.05, 3.63) is 93.9 Å². The van der Waals surface area contributed by atoms with Crippen molar-refractivity contribution in [2.45, 2.75) is 36.9 Å². The van der Waals surface area contributed by atoms with Crippen LogP contribution in [0.3, 0.4) is 0 Å². The van der Waals surface area contributed by atoms with E-state index in [1.165, 1.54) is 12.4 Å². The van der Waals surface area contributed by atoms with Crippen LogP contribution in [0.15, 0.2) is 71.9 Å². The highest BCUT2D eigenvalue weighted by Crippen LogP contribution is 2.43. The molecule has 0 radical (unpaired) electrons. The lowest BCUT2D eigenvalue weighted by Gasteiger charge is -2.30. The highest BCUT2D eigenvalue weighted by atomic mass is 35.5. The van der Waals surface area contributed by atoms with Gasteiger partial charge in [0.15, 0.2) is 12.4 Å². The van der Waals surface area contributed by atoms with Crippen molar-refractivity contribution in [1.82, 2.24) is 0 Å². The number of hydrogen-bond donors (Lipinski definition) is 1. The molecule has 174 valence electrons. The number of benzene rings is 2. The van der Waals surface area contributed by atoms with Gasteiger partial charge >= 0.3 is 0 Å². The van der Waals surface area contributed by atoms with Crippen LogP contribution in [0.5, 0.6) is 0 Å². The second-order valence-corrected chi connectivity index (χ2v) is 10.9. The zero-order chi connectivity index (χ0) is 23.9. The van der Waals surface area contributed by atoms with Gasteiger partial charge in [0.25, 0.3) is 10.0 Å². The third-order valence-electron chi connectivity index (χ3n) is 5.49. The lowest BCUT2D eigenvalue weighted by atomic mass is 9.87. The molecule has 0 amide bonds. The first-order valence-corrected chi connectivity index (χ1v) is 12.3. The van der Waals surface area contributed by atoms with Gasteiger partial charge in [-0.1, -0.05) is 44.5 Å². The van der Waals surface area contributed by atoms with E-state index in [-0.39, 0.29) is 16.0 Å². The summed E-state index contributed by atoms with van der Waals surface area (Å²) in [4.78, 5) is 0.130. The molecule has 2 aromatic carbocycles. The van der Waals surface area contributed by atoms with E-state index >= 15 is 0 Å². The first-order chi connectivity index (χ1) is 15.5. The molecule has 0 aliphatic carbocycles. The summed E-state index contributed by atoms with van der Waals surface area (Å²) in [6, 6.07) is 14.7. The Hall–Kier alpha value is -2.65. The molecule has 2 heterocycles. The zero-order valence-electron chi connectivity index (χ0n) is 18.5. The summed E-state index contributed by atoms with van der Waals surface area (Å²) in [5.41, 5.74) is 2.14. The molecule has 1 N–H and O–H groups in total. The number of aromatic nitrogens is 1. The smallest absolute Gasteiger partial charge is 0.261 e. The quantitative estimate of drug-likeness (QED) is 0.426. The first kappa shape index (κ1) is 23.5. The molecule has 4 rings (SSSR count). The number of rotatable bonds is 5. The van der Waals surface area contributed by atoms with Crippen LogP contribution in [0.25, 0.3) is 0 Å². The summed E-state index contributed by atoms with van der Waals surface area (Å²) < 4.78 is 41.8. The second-order valence-electron chi connectivity index (χ2n) is 8.83. The zero-order valence-corrected chi connectivity index (χ0v) is 20.1. The predicted molar refractivity (Wildman–Crippen MR) is 125 cm³/mol. The van der Waals surface area contributed by atoms with Crippen LogP contribution in [0.1, 0.15) is 37.5 Å². The molecule has 1 aromatic heterocycles. The van der Waals surface area contributed by atoms with Crippen LogP contribution in [0.4, 0.5) is 5.69 Å². The lowest BCUT2D eigenvalue weighted by molar-refractivity contribution is -0.605. The molecule has 0 bridgehead atoms. The van der Waals surface area contributed by atoms with Crippen LogP contribution in [0, 0.1) is 5.21 Å². The Bertz CT molecular complexity index is 1250. The number of ether oxygens (including phenoxy) is 2. The molecule has 3 aromatic rings. The number of nitrogens with zero attached hydrogens (tertiary/aromatic N) is 1. The van der Waals surface area contributed by atoms with Crippen molar-refractivity contribution in [3.8, 4) is 0 Å². The number of sulfonamides is 1. The average Bonchev–Trinajstić information content (AvgIpc) is 3.26. The Balaban J connectivity index is 1.76. The molecule has 0 unspecified atom stereocenters. The minimum atomic E-state index is -3.91. The molecule has 9 heteroatoms. The Morgan fingerprint density at radius 3 is 2.18 bits per heavy atom. The van der Waals surface area contributed by atoms with Crippen LogP contribution in [-0.4, -0.2) is 21.6 Å². The molecule has 0 atom stereocenters. The van der Waals surface area contributed by atoms with Crippen molar-refractivity contribution in [1.29, 1.82) is 0 Å². The maximum absolute atomic E-state index is 13.2. The molecule has 0 spiro atoms. The van der Waals surface area contributed by atoms with Crippen LogP contribution in [-0.2, 0) is 30.7 Å². The van der Waals surface area contributed by atoms with Gasteiger partial charge in [0, 0.05) is 28.3 Å². The third kappa shape index (κ3) is 4.70. The van der Waals surface area contributed by atoms with Crippen LogP contribution < -0.4 is 9.45 Å². The van der Waals surface area contributed by atoms with Crippen molar-refractivity contribution in [2.75, 3.05) is 17.9 Å². The number of halogens is 1. The minimum absolute atomic E-state index is 0.0967. The van der Waals surface area contributed by atoms with Gasteiger partial charge in [0.2, 0.25) is 5.79 Å². The fraction of sp³-hybridized carbons (Fsp3) is 0.292. The minimum Gasteiger partial charge on any atom is -0.619 e. The molecular formula is C24H25ClN2O5S. The van der Waals surface area contributed by atoms with Gasteiger partial charge in [-0.3, -0.25) is 4.72 Å². The number of nitrogens with one attached hydrogen (secondary N) is 1. The summed E-state index contributed by atoms with van der Waals surface area (Å²) in [6.45, 7) is 6.77. The third-order valence-corrected chi connectivity index (χ3v) is 7.10. The molecule has 0 saturated carbocycles. The second kappa shape index (κ2) is 8.61. The molecule has 7 nitrogen and oxygen atoms in total. The van der Waals surface area contributed by atoms with E-state index in [0.717, 1.165) is 5.56 Å². The largest absolute Gasteiger partial charge is 0.619 e. The van der Waals surface area contributed by atoms with Gasteiger partial charge in [-0.25, -0.2) is 8.42 Å². The predicted octanol–water partition coefficient (Wildman–Crippen LogP) is 4.32. The SMILES string of the molecule is CC(C)(C)c1ccc(S(=O)(=O)Nc2ccc(Cl)cc2C2(c3cc[n+]([O-])cc3)OCCO2)cc1. The van der Waals surface area contributed by atoms with Crippen LogP contribution >= 0.6 is 11.6 Å². The van der Waals surface area contributed by atoms with Gasteiger partial charge < -0.3 is 14.7 Å². The van der Waals surface area contributed by atoms with E-state index in [4.69, 9.17) is 21.1 Å². The molecule has 33 heavy (non-hydrogen) atoms. The molecule has 1 saturated heterocycles. The summed E-state index contributed by atoms with van der Waals surface area (Å²) in [5, 5.41) is 11.9. The Kier molecular flexibility index (Phi) is 6.13. The Morgan fingerprint density at radius 2 is 1.61 bits per heavy atom. The topological polar surface area (TPSA) is 91.6 Å². The fourth-order valence-corrected chi connectivity index (χ4v) is 4.99. The summed E-state index contributed by atoms with van der Waals surface area (Å²) in [7, 11) is -3.91. The van der Waals surface area contributed by atoms with E-state index in [9.17, 15) is 13.6 Å². The molecule has 1 aliphatic heterocycles. The lowest BCUT2D eigenvalue weighted by Crippen LogP contribution is -2.33. The standard InChI is InChI=1S/C24H25ClN2O5S/c1-23(2,3)17-4-7-20(8-5-17)33(29,30)26-22-9-6-19(25)16-21(22)24(31-14-15-32-24)18-10-12-27(28)13-11-18/h4-13,16,26H,14-15H2,1-3H3. The van der Waals surface area contributed by atoms with Crippen molar-refractivity contribution < 1.29 is 22.6 Å². The maximum atomic E-state index is 13.2. The highest BCUT2D eigenvalue weighted by molar-refractivity contribution is 7.92. The Morgan fingerprint density at radius 1 is 1.00 bits per heavy atom. The van der Waals surface area contributed by atoms with E-state index in [2.05, 4.69) is 25.5 Å². The van der Waals surface area contributed by atoms with Crippen molar-refractivity contribution in [3.63, 3.8) is 0 Å². The molecule has 1 fully saturated rings. The number of anilines is 1. The van der Waals surface area contributed by atoms with Gasteiger partial charge in [0.05, 0.1) is 23.8 Å². The number of pyridine rings is 1. The van der Waals surface area contributed by atoms with Crippen molar-refractivity contribution in [2.24, 2.45) is 0 Å². The summed E-state index contributed by atoms with van der Waals surface area (Å²) in [6.07, 6.45) is 2.65. The van der Waals surface area contributed by atoms with E-state index in [1.54, 1.807) is 42.5 Å².